The van der Waals surface area contributed by atoms with E-state index in [9.17, 15) is 13.2 Å². The van der Waals surface area contributed by atoms with Crippen LogP contribution in [0.25, 0.3) is 0 Å². The summed E-state index contributed by atoms with van der Waals surface area (Å²) in [6, 6.07) is 6.20. The van der Waals surface area contributed by atoms with E-state index in [-0.39, 0.29) is 5.75 Å². The van der Waals surface area contributed by atoms with E-state index >= 15 is 0 Å². The molecule has 0 saturated carbocycles. The summed E-state index contributed by atoms with van der Waals surface area (Å²) in [6.45, 7) is 0. The van der Waals surface area contributed by atoms with Crippen molar-refractivity contribution in [1.82, 2.24) is 4.98 Å². The highest BCUT2D eigenvalue weighted by Crippen LogP contribution is 2.34. The highest BCUT2D eigenvalue weighted by atomic mass is 19.4. The topological polar surface area (TPSA) is 80.7 Å². The van der Waals surface area contributed by atoms with E-state index in [1.54, 1.807) is 12.1 Å². The smallest absolute Gasteiger partial charge is 0.417 e. The van der Waals surface area contributed by atoms with Gasteiger partial charge in [-0.3, -0.25) is 4.98 Å². The Hall–Kier alpha value is -2.77. The van der Waals surface area contributed by atoms with Crippen LogP contribution in [0.1, 0.15) is 11.1 Å². The number of alkyl halides is 3. The van der Waals surface area contributed by atoms with Crippen molar-refractivity contribution in [3.63, 3.8) is 0 Å². The van der Waals surface area contributed by atoms with Crippen molar-refractivity contribution in [1.29, 1.82) is 0 Å². The van der Waals surface area contributed by atoms with Crippen molar-refractivity contribution >= 4 is 5.84 Å². The van der Waals surface area contributed by atoms with Crippen molar-refractivity contribution in [3.05, 3.63) is 53.9 Å². The Morgan fingerprint density at radius 1 is 1.24 bits per heavy atom. The molecule has 0 aliphatic carbocycles. The monoisotopic (exact) mass is 297 g/mol. The fourth-order valence-electron chi connectivity index (χ4n) is 1.64. The van der Waals surface area contributed by atoms with Gasteiger partial charge >= 0.3 is 6.18 Å². The van der Waals surface area contributed by atoms with Gasteiger partial charge in [0.2, 0.25) is 0 Å². The predicted molar refractivity (Wildman–Crippen MR) is 68.3 cm³/mol. The second-order valence-electron chi connectivity index (χ2n) is 3.98. The zero-order valence-corrected chi connectivity index (χ0v) is 10.5. The molecule has 3 N–H and O–H groups in total. The van der Waals surface area contributed by atoms with Gasteiger partial charge in [-0.15, -0.1) is 0 Å². The Balaban J connectivity index is 2.43. The summed E-state index contributed by atoms with van der Waals surface area (Å²) in [7, 11) is 0. The van der Waals surface area contributed by atoms with Crippen LogP contribution in [-0.2, 0) is 6.18 Å². The Kier molecular flexibility index (Phi) is 3.97. The lowest BCUT2D eigenvalue weighted by Crippen LogP contribution is -2.20. The Morgan fingerprint density at radius 3 is 2.57 bits per heavy atom. The molecular formula is C13H10F3N3O2. The molecule has 0 aliphatic heterocycles. The minimum absolute atomic E-state index is 0.109. The molecule has 110 valence electrons. The van der Waals surface area contributed by atoms with Gasteiger partial charge < -0.3 is 15.7 Å². The number of ether oxygens (including phenoxy) is 1. The minimum Gasteiger partial charge on any atom is -0.456 e. The van der Waals surface area contributed by atoms with Crippen molar-refractivity contribution in [2.75, 3.05) is 0 Å². The first-order chi connectivity index (χ1) is 9.91. The van der Waals surface area contributed by atoms with E-state index in [1.165, 1.54) is 12.4 Å². The number of nitrogens with two attached hydrogens (primary N) is 1. The zero-order valence-electron chi connectivity index (χ0n) is 10.5. The number of nitrogens with zero attached hydrogens (tertiary/aromatic N) is 2. The standard InChI is InChI=1S/C13H10F3N3O2/c14-13(15,16)11-4-3-8(6-10(11)12(17)19-20)21-9-2-1-5-18-7-9/h1-7,20H,(H2,17,19). The number of rotatable bonds is 3. The van der Waals surface area contributed by atoms with Crippen molar-refractivity contribution in [3.8, 4) is 11.5 Å². The number of hydrogen-bond acceptors (Lipinski definition) is 4. The molecule has 0 radical (unpaired) electrons. The molecule has 0 unspecified atom stereocenters. The van der Waals surface area contributed by atoms with Gasteiger partial charge in [-0.2, -0.15) is 13.2 Å². The molecule has 1 heterocycles. The number of aromatic nitrogens is 1. The van der Waals surface area contributed by atoms with Gasteiger partial charge in [-0.1, -0.05) is 5.16 Å². The first-order valence-electron chi connectivity index (χ1n) is 5.69. The van der Waals surface area contributed by atoms with Gasteiger partial charge in [0, 0.05) is 11.8 Å². The number of amidine groups is 1. The van der Waals surface area contributed by atoms with Gasteiger partial charge in [0.25, 0.3) is 0 Å². The summed E-state index contributed by atoms with van der Waals surface area (Å²) >= 11 is 0. The second kappa shape index (κ2) is 5.70. The van der Waals surface area contributed by atoms with Crippen LogP contribution in [0.3, 0.4) is 0 Å². The predicted octanol–water partition coefficient (Wildman–Crippen LogP) is 2.99. The van der Waals surface area contributed by atoms with E-state index in [0.29, 0.717) is 5.75 Å². The fourth-order valence-corrected chi connectivity index (χ4v) is 1.64. The largest absolute Gasteiger partial charge is 0.456 e. The summed E-state index contributed by atoms with van der Waals surface area (Å²) in [6.07, 6.45) is -1.69. The number of hydrogen-bond donors (Lipinski definition) is 2. The van der Waals surface area contributed by atoms with Gasteiger partial charge in [-0.05, 0) is 30.3 Å². The third-order valence-corrected chi connectivity index (χ3v) is 2.55. The molecule has 1 aromatic carbocycles. The Bertz CT molecular complexity index is 657. The third-order valence-electron chi connectivity index (χ3n) is 2.55. The van der Waals surface area contributed by atoms with Crippen LogP contribution in [0, 0.1) is 0 Å². The molecule has 1 aromatic heterocycles. The van der Waals surface area contributed by atoms with Crippen LogP contribution in [0.5, 0.6) is 11.5 Å². The summed E-state index contributed by atoms with van der Waals surface area (Å²) in [4.78, 5) is 3.82. The molecule has 2 rings (SSSR count). The molecule has 2 aromatic rings. The highest BCUT2D eigenvalue weighted by Gasteiger charge is 2.34. The van der Waals surface area contributed by atoms with Crippen molar-refractivity contribution in [2.24, 2.45) is 10.9 Å². The van der Waals surface area contributed by atoms with E-state index in [1.807, 2.05) is 0 Å². The lowest BCUT2D eigenvalue weighted by atomic mass is 10.1. The average Bonchev–Trinajstić information content (AvgIpc) is 2.46. The number of pyridine rings is 1. The maximum Gasteiger partial charge on any atom is 0.417 e. The molecular weight excluding hydrogens is 287 g/mol. The molecule has 21 heavy (non-hydrogen) atoms. The first kappa shape index (κ1) is 14.6. The lowest BCUT2D eigenvalue weighted by Gasteiger charge is -2.13. The van der Waals surface area contributed by atoms with Gasteiger partial charge in [0.1, 0.15) is 11.5 Å². The van der Waals surface area contributed by atoms with Crippen LogP contribution in [0.15, 0.2) is 47.9 Å². The maximum atomic E-state index is 12.9. The summed E-state index contributed by atoms with van der Waals surface area (Å²) < 4.78 is 43.9. The molecule has 8 heteroatoms. The first-order valence-corrected chi connectivity index (χ1v) is 5.69. The number of halogens is 3. The number of benzene rings is 1. The quantitative estimate of drug-likeness (QED) is 0.395. The number of oxime groups is 1. The molecule has 0 amide bonds. The SMILES string of the molecule is N/C(=N/O)c1cc(Oc2cccnc2)ccc1C(F)(F)F. The van der Waals surface area contributed by atoms with Gasteiger partial charge in [0.15, 0.2) is 5.84 Å². The van der Waals surface area contributed by atoms with Crippen LogP contribution in [0.4, 0.5) is 13.2 Å². The fraction of sp³-hybridized carbons (Fsp3) is 0.0769. The van der Waals surface area contributed by atoms with Crippen LogP contribution < -0.4 is 10.5 Å². The van der Waals surface area contributed by atoms with E-state index in [4.69, 9.17) is 15.7 Å². The van der Waals surface area contributed by atoms with Crippen molar-refractivity contribution in [2.45, 2.75) is 6.18 Å². The second-order valence-corrected chi connectivity index (χ2v) is 3.98. The Morgan fingerprint density at radius 2 is 2.00 bits per heavy atom. The van der Waals surface area contributed by atoms with Crippen LogP contribution in [-0.4, -0.2) is 16.0 Å². The van der Waals surface area contributed by atoms with E-state index < -0.39 is 23.1 Å². The molecule has 0 aliphatic rings. The zero-order chi connectivity index (χ0) is 15.5. The molecule has 0 saturated heterocycles. The van der Waals surface area contributed by atoms with Crippen LogP contribution >= 0.6 is 0 Å². The third kappa shape index (κ3) is 3.41. The summed E-state index contributed by atoms with van der Waals surface area (Å²) in [5, 5.41) is 11.2. The van der Waals surface area contributed by atoms with Gasteiger partial charge in [0.05, 0.1) is 11.8 Å². The molecule has 5 nitrogen and oxygen atoms in total. The minimum atomic E-state index is -4.63. The molecule has 0 spiro atoms. The highest BCUT2D eigenvalue weighted by molar-refractivity contribution is 5.99. The van der Waals surface area contributed by atoms with E-state index in [0.717, 1.165) is 18.2 Å². The van der Waals surface area contributed by atoms with Crippen molar-refractivity contribution < 1.29 is 23.1 Å². The van der Waals surface area contributed by atoms with Crippen LogP contribution in [0.2, 0.25) is 0 Å². The van der Waals surface area contributed by atoms with Gasteiger partial charge in [-0.25, -0.2) is 0 Å². The summed E-state index contributed by atoms with van der Waals surface area (Å²) in [5.41, 5.74) is 3.80. The van der Waals surface area contributed by atoms with E-state index in [2.05, 4.69) is 10.1 Å². The summed E-state index contributed by atoms with van der Waals surface area (Å²) in [5.74, 6) is -0.195. The molecule has 0 bridgehead atoms. The maximum absolute atomic E-state index is 12.9. The normalized spacial score (nSPS) is 12.2. The molecule has 0 fully saturated rings. The lowest BCUT2D eigenvalue weighted by molar-refractivity contribution is -0.137. The Labute approximate surface area is 117 Å². The average molecular weight is 297 g/mol. The molecule has 0 atom stereocenters.